The molecule has 1 aromatic heterocycles. The van der Waals surface area contributed by atoms with E-state index in [1.165, 1.54) is 21.1 Å². The Morgan fingerprint density at radius 1 is 1.22 bits per heavy atom. The standard InChI is InChI=1S/C19H26N2O5S/c1-2-24-18(23)16-13-4-3-5-14(13)27-17(16)20-15(22)12-21-8-6-19(7-9-21)25-10-11-26-19/h2-12H2,1H3,(H,20,22)/p+1. The van der Waals surface area contributed by atoms with Gasteiger partial charge in [0.15, 0.2) is 12.3 Å². The number of fused-ring (bicyclic) bond motifs is 1. The fourth-order valence-electron chi connectivity index (χ4n) is 4.26. The number of hydrogen-bond donors (Lipinski definition) is 2. The number of esters is 1. The van der Waals surface area contributed by atoms with E-state index < -0.39 is 5.79 Å². The summed E-state index contributed by atoms with van der Waals surface area (Å²) in [6.07, 6.45) is 4.55. The van der Waals surface area contributed by atoms with Gasteiger partial charge in [-0.15, -0.1) is 11.3 Å². The smallest absolute Gasteiger partial charge is 0.341 e. The first-order chi connectivity index (χ1) is 13.1. The molecule has 0 saturated carbocycles. The molecule has 148 valence electrons. The van der Waals surface area contributed by atoms with E-state index in [9.17, 15) is 9.59 Å². The van der Waals surface area contributed by atoms with Crippen molar-refractivity contribution < 1.29 is 28.7 Å². The van der Waals surface area contributed by atoms with E-state index in [2.05, 4.69) is 5.32 Å². The molecule has 0 unspecified atom stereocenters. The zero-order valence-electron chi connectivity index (χ0n) is 15.7. The van der Waals surface area contributed by atoms with Crippen LogP contribution in [0.15, 0.2) is 0 Å². The monoisotopic (exact) mass is 395 g/mol. The van der Waals surface area contributed by atoms with E-state index in [0.29, 0.717) is 36.9 Å². The zero-order valence-corrected chi connectivity index (χ0v) is 16.5. The number of hydrogen-bond acceptors (Lipinski definition) is 6. The van der Waals surface area contributed by atoms with Gasteiger partial charge in [0.05, 0.1) is 51.3 Å². The van der Waals surface area contributed by atoms with Gasteiger partial charge in [0.2, 0.25) is 0 Å². The van der Waals surface area contributed by atoms with Crippen molar-refractivity contribution in [2.45, 2.75) is 44.8 Å². The van der Waals surface area contributed by atoms with Crippen LogP contribution in [0.25, 0.3) is 0 Å². The van der Waals surface area contributed by atoms with Gasteiger partial charge < -0.3 is 24.4 Å². The van der Waals surface area contributed by atoms with Gasteiger partial charge in [0.25, 0.3) is 5.91 Å². The van der Waals surface area contributed by atoms with Crippen molar-refractivity contribution in [1.82, 2.24) is 0 Å². The van der Waals surface area contributed by atoms with Crippen LogP contribution in [0.2, 0.25) is 0 Å². The van der Waals surface area contributed by atoms with Gasteiger partial charge in [-0.1, -0.05) is 0 Å². The van der Waals surface area contributed by atoms with Crippen molar-refractivity contribution in [2.75, 3.05) is 44.8 Å². The first kappa shape index (κ1) is 18.9. The number of carbonyl (C=O) groups excluding carboxylic acids is 2. The molecule has 1 amide bonds. The largest absolute Gasteiger partial charge is 0.462 e. The third-order valence-corrected chi connectivity index (χ3v) is 6.80. The van der Waals surface area contributed by atoms with Crippen molar-refractivity contribution in [3.05, 3.63) is 16.0 Å². The van der Waals surface area contributed by atoms with Crippen molar-refractivity contribution in [1.29, 1.82) is 0 Å². The Bertz CT molecular complexity index is 716. The zero-order chi connectivity index (χ0) is 18.9. The number of rotatable bonds is 5. The van der Waals surface area contributed by atoms with E-state index >= 15 is 0 Å². The summed E-state index contributed by atoms with van der Waals surface area (Å²) in [6.45, 7) is 5.54. The molecule has 4 rings (SSSR count). The predicted octanol–water partition coefficient (Wildman–Crippen LogP) is 0.774. The Morgan fingerprint density at radius 3 is 2.67 bits per heavy atom. The summed E-state index contributed by atoms with van der Waals surface area (Å²) in [4.78, 5) is 27.4. The summed E-state index contributed by atoms with van der Waals surface area (Å²) in [5.41, 5.74) is 1.64. The molecule has 0 radical (unpaired) electrons. The Hall–Kier alpha value is -1.48. The van der Waals surface area contributed by atoms with Crippen LogP contribution in [-0.4, -0.2) is 57.1 Å². The molecule has 0 atom stereocenters. The molecular formula is C19H27N2O5S+. The number of nitrogens with one attached hydrogen (secondary N) is 2. The number of anilines is 1. The van der Waals surface area contributed by atoms with Crippen LogP contribution in [0.3, 0.4) is 0 Å². The van der Waals surface area contributed by atoms with Crippen LogP contribution in [0.4, 0.5) is 5.00 Å². The lowest BCUT2D eigenvalue weighted by Gasteiger charge is -2.34. The molecule has 0 aromatic carbocycles. The van der Waals surface area contributed by atoms with Gasteiger partial charge in [-0.25, -0.2) is 4.79 Å². The summed E-state index contributed by atoms with van der Waals surface area (Å²) in [5, 5.41) is 3.63. The highest BCUT2D eigenvalue weighted by molar-refractivity contribution is 7.17. The lowest BCUT2D eigenvalue weighted by Crippen LogP contribution is -3.14. The average Bonchev–Trinajstić information content (AvgIpc) is 3.34. The van der Waals surface area contributed by atoms with E-state index in [0.717, 1.165) is 50.8 Å². The van der Waals surface area contributed by atoms with Crippen molar-refractivity contribution >= 4 is 28.2 Å². The second kappa shape index (κ2) is 7.87. The third-order valence-electron chi connectivity index (χ3n) is 5.60. The Morgan fingerprint density at radius 2 is 1.96 bits per heavy atom. The number of ether oxygens (including phenoxy) is 3. The maximum Gasteiger partial charge on any atom is 0.341 e. The number of thiophene rings is 1. The van der Waals surface area contributed by atoms with Gasteiger partial charge in [0.1, 0.15) is 5.00 Å². The number of likely N-dealkylation sites (tertiary alicyclic amines) is 1. The minimum absolute atomic E-state index is 0.0559. The summed E-state index contributed by atoms with van der Waals surface area (Å²) in [6, 6.07) is 0. The molecule has 2 N–H and O–H groups in total. The number of quaternary nitrogens is 1. The van der Waals surface area contributed by atoms with E-state index in [-0.39, 0.29) is 11.9 Å². The molecular weight excluding hydrogens is 368 g/mol. The first-order valence-corrected chi connectivity index (χ1v) is 10.6. The SMILES string of the molecule is CCOC(=O)c1c(NC(=O)C[NH+]2CCC3(CC2)OCCO3)sc2c1CCC2. The summed E-state index contributed by atoms with van der Waals surface area (Å²) >= 11 is 1.53. The molecule has 2 fully saturated rings. The van der Waals surface area contributed by atoms with Crippen molar-refractivity contribution in [3.8, 4) is 0 Å². The average molecular weight is 396 g/mol. The minimum atomic E-state index is -0.411. The molecule has 3 heterocycles. The third kappa shape index (κ3) is 3.89. The topological polar surface area (TPSA) is 78.3 Å². The number of aryl methyl sites for hydroxylation is 1. The molecule has 0 bridgehead atoms. The molecule has 8 heteroatoms. The Labute approximate surface area is 163 Å². The highest BCUT2D eigenvalue weighted by atomic mass is 32.1. The van der Waals surface area contributed by atoms with Gasteiger partial charge >= 0.3 is 5.97 Å². The van der Waals surface area contributed by atoms with Crippen LogP contribution in [0, 0.1) is 0 Å². The van der Waals surface area contributed by atoms with E-state index in [4.69, 9.17) is 14.2 Å². The van der Waals surface area contributed by atoms with Gasteiger partial charge in [0, 0.05) is 4.88 Å². The molecule has 7 nitrogen and oxygen atoms in total. The Balaban J connectivity index is 1.38. The van der Waals surface area contributed by atoms with Crippen molar-refractivity contribution in [3.63, 3.8) is 0 Å². The van der Waals surface area contributed by atoms with Crippen LogP contribution >= 0.6 is 11.3 Å². The highest BCUT2D eigenvalue weighted by Gasteiger charge is 2.42. The normalized spacial score (nSPS) is 21.4. The van der Waals surface area contributed by atoms with Crippen LogP contribution in [0.5, 0.6) is 0 Å². The second-order valence-electron chi connectivity index (χ2n) is 7.36. The first-order valence-electron chi connectivity index (χ1n) is 9.83. The second-order valence-corrected chi connectivity index (χ2v) is 8.47. The summed E-state index contributed by atoms with van der Waals surface area (Å²) in [7, 11) is 0. The lowest BCUT2D eigenvalue weighted by atomic mass is 10.0. The number of amides is 1. The highest BCUT2D eigenvalue weighted by Crippen LogP contribution is 2.39. The van der Waals surface area contributed by atoms with Crippen LogP contribution < -0.4 is 10.2 Å². The maximum atomic E-state index is 12.6. The number of carbonyl (C=O) groups is 2. The van der Waals surface area contributed by atoms with Gasteiger partial charge in [-0.3, -0.25) is 4.79 Å². The van der Waals surface area contributed by atoms with Crippen LogP contribution in [-0.2, 0) is 31.8 Å². The fraction of sp³-hybridized carbons (Fsp3) is 0.684. The Kier molecular flexibility index (Phi) is 5.50. The minimum Gasteiger partial charge on any atom is -0.462 e. The number of piperidine rings is 1. The summed E-state index contributed by atoms with van der Waals surface area (Å²) in [5.74, 6) is -0.791. The molecule has 27 heavy (non-hydrogen) atoms. The molecule has 3 aliphatic rings. The lowest BCUT2D eigenvalue weighted by molar-refractivity contribution is -0.900. The molecule has 2 saturated heterocycles. The molecule has 1 aliphatic carbocycles. The van der Waals surface area contributed by atoms with Crippen LogP contribution in [0.1, 0.15) is 47.0 Å². The van der Waals surface area contributed by atoms with E-state index in [1.54, 1.807) is 6.92 Å². The molecule has 1 spiro atoms. The maximum absolute atomic E-state index is 12.6. The van der Waals surface area contributed by atoms with Gasteiger partial charge in [-0.2, -0.15) is 0 Å². The molecule has 1 aromatic rings. The van der Waals surface area contributed by atoms with Crippen molar-refractivity contribution in [2.24, 2.45) is 0 Å². The predicted molar refractivity (Wildman–Crippen MR) is 100 cm³/mol. The fourth-order valence-corrected chi connectivity index (χ4v) is 5.55. The molecule has 2 aliphatic heterocycles. The van der Waals surface area contributed by atoms with Gasteiger partial charge in [-0.05, 0) is 31.7 Å². The summed E-state index contributed by atoms with van der Waals surface area (Å²) < 4.78 is 16.7. The van der Waals surface area contributed by atoms with E-state index in [1.807, 2.05) is 0 Å². The quantitative estimate of drug-likeness (QED) is 0.721.